The molecule has 1 aromatic carbocycles. The largest absolute Gasteiger partial charge is 0.452 e. The molecule has 2 atom stereocenters. The van der Waals surface area contributed by atoms with Crippen LogP contribution in [0.1, 0.15) is 35.6 Å². The lowest BCUT2D eigenvalue weighted by Crippen LogP contribution is -2.49. The molecule has 3 rings (SSSR count). The van der Waals surface area contributed by atoms with Crippen molar-refractivity contribution in [2.45, 2.75) is 39.9 Å². The van der Waals surface area contributed by atoms with E-state index in [2.05, 4.69) is 9.97 Å². The average Bonchev–Trinajstić information content (AvgIpc) is 2.59. The van der Waals surface area contributed by atoms with E-state index < -0.39 is 5.97 Å². The summed E-state index contributed by atoms with van der Waals surface area (Å²) in [5.41, 5.74) is 3.37. The molecule has 1 saturated heterocycles. The van der Waals surface area contributed by atoms with Crippen LogP contribution < -0.4 is 0 Å². The van der Waals surface area contributed by atoms with Crippen LogP contribution in [0.5, 0.6) is 0 Å². The lowest BCUT2D eigenvalue weighted by atomic mass is 10.2. The van der Waals surface area contributed by atoms with E-state index in [1.54, 1.807) is 23.1 Å². The zero-order valence-electron chi connectivity index (χ0n) is 15.5. The fourth-order valence-electron chi connectivity index (χ4n) is 3.04. The van der Waals surface area contributed by atoms with Crippen molar-refractivity contribution in [2.24, 2.45) is 0 Å². The molecule has 0 bridgehead atoms. The summed E-state index contributed by atoms with van der Waals surface area (Å²) in [5, 5.41) is 0. The van der Waals surface area contributed by atoms with Crippen molar-refractivity contribution in [3.8, 4) is 0 Å². The van der Waals surface area contributed by atoms with Gasteiger partial charge in [0, 0.05) is 13.1 Å². The van der Waals surface area contributed by atoms with E-state index in [0.717, 1.165) is 16.9 Å². The Morgan fingerprint density at radius 2 is 1.73 bits per heavy atom. The molecule has 1 aromatic heterocycles. The van der Waals surface area contributed by atoms with Crippen molar-refractivity contribution in [2.75, 3.05) is 19.7 Å². The fourth-order valence-corrected chi connectivity index (χ4v) is 3.04. The highest BCUT2D eigenvalue weighted by Crippen LogP contribution is 2.16. The van der Waals surface area contributed by atoms with Gasteiger partial charge in [-0.2, -0.15) is 0 Å². The third-order valence-corrected chi connectivity index (χ3v) is 4.41. The number of esters is 1. The quantitative estimate of drug-likeness (QED) is 0.782. The Kier molecular flexibility index (Phi) is 5.18. The Balaban J connectivity index is 1.65. The number of hydrogen-bond acceptors (Lipinski definition) is 6. The fraction of sp³-hybridized carbons (Fsp3) is 0.474. The zero-order chi connectivity index (χ0) is 18.8. The van der Waals surface area contributed by atoms with Crippen LogP contribution in [0.15, 0.2) is 18.2 Å². The molecule has 0 radical (unpaired) electrons. The molecule has 1 aliphatic heterocycles. The minimum Gasteiger partial charge on any atom is -0.452 e. The number of fused-ring (bicyclic) bond motifs is 1. The van der Waals surface area contributed by atoms with E-state index in [9.17, 15) is 9.59 Å². The third kappa shape index (κ3) is 3.99. The summed E-state index contributed by atoms with van der Waals surface area (Å²) in [6.45, 7) is 8.33. The standard InChI is InChI=1S/C19H23N3O4/c1-11-8-22(9-12(2)26-11)18(23)10-25-19(24)15-5-6-16-17(7-15)21-14(4)13(3)20-16/h5-7,11-12H,8-10H2,1-4H3. The van der Waals surface area contributed by atoms with Crippen LogP contribution in [0.3, 0.4) is 0 Å². The van der Waals surface area contributed by atoms with Gasteiger partial charge < -0.3 is 14.4 Å². The summed E-state index contributed by atoms with van der Waals surface area (Å²) in [6, 6.07) is 5.01. The van der Waals surface area contributed by atoms with Crippen LogP contribution in [-0.4, -0.2) is 58.6 Å². The maximum atomic E-state index is 12.3. The van der Waals surface area contributed by atoms with Gasteiger partial charge in [-0.15, -0.1) is 0 Å². The minimum atomic E-state index is -0.547. The summed E-state index contributed by atoms with van der Waals surface area (Å²) in [7, 11) is 0. The Hall–Kier alpha value is -2.54. The van der Waals surface area contributed by atoms with Gasteiger partial charge in [0.1, 0.15) is 0 Å². The van der Waals surface area contributed by atoms with Gasteiger partial charge in [0.25, 0.3) is 5.91 Å². The number of morpholine rings is 1. The van der Waals surface area contributed by atoms with Crippen molar-refractivity contribution in [1.82, 2.24) is 14.9 Å². The number of aromatic nitrogens is 2. The highest BCUT2D eigenvalue weighted by molar-refractivity contribution is 5.94. The second-order valence-electron chi connectivity index (χ2n) is 6.73. The molecule has 1 fully saturated rings. The molecule has 7 heteroatoms. The van der Waals surface area contributed by atoms with Crippen molar-refractivity contribution < 1.29 is 19.1 Å². The average molecular weight is 357 g/mol. The van der Waals surface area contributed by atoms with Crippen LogP contribution >= 0.6 is 0 Å². The van der Waals surface area contributed by atoms with E-state index in [0.29, 0.717) is 24.2 Å². The van der Waals surface area contributed by atoms with Gasteiger partial charge in [0.05, 0.1) is 40.2 Å². The molecule has 0 aliphatic carbocycles. The maximum Gasteiger partial charge on any atom is 0.338 e. The van der Waals surface area contributed by atoms with Crippen molar-refractivity contribution in [3.63, 3.8) is 0 Å². The van der Waals surface area contributed by atoms with Gasteiger partial charge >= 0.3 is 5.97 Å². The number of ether oxygens (including phenoxy) is 2. The molecule has 0 N–H and O–H groups in total. The van der Waals surface area contributed by atoms with Crippen LogP contribution in [0.25, 0.3) is 11.0 Å². The number of benzene rings is 1. The first kappa shape index (κ1) is 18.3. The molecule has 2 unspecified atom stereocenters. The van der Waals surface area contributed by atoms with E-state index >= 15 is 0 Å². The Labute approximate surface area is 152 Å². The van der Waals surface area contributed by atoms with Crippen molar-refractivity contribution >= 4 is 22.9 Å². The second-order valence-corrected chi connectivity index (χ2v) is 6.73. The number of rotatable bonds is 3. The van der Waals surface area contributed by atoms with Crippen LogP contribution in [0.2, 0.25) is 0 Å². The van der Waals surface area contributed by atoms with Crippen LogP contribution in [0.4, 0.5) is 0 Å². The van der Waals surface area contributed by atoms with Crippen molar-refractivity contribution in [3.05, 3.63) is 35.2 Å². The van der Waals surface area contributed by atoms with E-state index in [1.807, 2.05) is 27.7 Å². The Morgan fingerprint density at radius 1 is 1.12 bits per heavy atom. The first-order valence-electron chi connectivity index (χ1n) is 8.69. The number of hydrogen-bond donors (Lipinski definition) is 0. The van der Waals surface area contributed by atoms with Gasteiger partial charge in [-0.3, -0.25) is 4.79 Å². The van der Waals surface area contributed by atoms with Gasteiger partial charge in [0.2, 0.25) is 0 Å². The van der Waals surface area contributed by atoms with Crippen LogP contribution in [-0.2, 0) is 14.3 Å². The highest BCUT2D eigenvalue weighted by Gasteiger charge is 2.26. The minimum absolute atomic E-state index is 0.0239. The normalized spacial score (nSPS) is 20.2. The first-order valence-corrected chi connectivity index (χ1v) is 8.69. The number of nitrogens with zero attached hydrogens (tertiary/aromatic N) is 3. The lowest BCUT2D eigenvalue weighted by molar-refractivity contribution is -0.146. The Morgan fingerprint density at radius 3 is 2.38 bits per heavy atom. The van der Waals surface area contributed by atoms with Crippen LogP contribution in [0, 0.1) is 13.8 Å². The van der Waals surface area contributed by atoms with Gasteiger partial charge in [-0.1, -0.05) is 0 Å². The lowest BCUT2D eigenvalue weighted by Gasteiger charge is -2.35. The topological polar surface area (TPSA) is 81.6 Å². The van der Waals surface area contributed by atoms with E-state index in [4.69, 9.17) is 9.47 Å². The predicted octanol–water partition coefficient (Wildman–Crippen LogP) is 2.04. The zero-order valence-corrected chi connectivity index (χ0v) is 15.5. The van der Waals surface area contributed by atoms with E-state index in [-0.39, 0.29) is 24.7 Å². The molecule has 26 heavy (non-hydrogen) atoms. The molecule has 7 nitrogen and oxygen atoms in total. The molecule has 0 saturated carbocycles. The number of carbonyl (C=O) groups is 2. The summed E-state index contributed by atoms with van der Waals surface area (Å²) < 4.78 is 10.8. The van der Waals surface area contributed by atoms with Crippen molar-refractivity contribution in [1.29, 1.82) is 0 Å². The molecule has 0 spiro atoms. The maximum absolute atomic E-state index is 12.3. The molecule has 1 aliphatic rings. The molecule has 138 valence electrons. The number of amides is 1. The molecular formula is C19H23N3O4. The highest BCUT2D eigenvalue weighted by atomic mass is 16.5. The number of carbonyl (C=O) groups excluding carboxylic acids is 2. The monoisotopic (exact) mass is 357 g/mol. The Bertz CT molecular complexity index is 842. The summed E-state index contributed by atoms with van der Waals surface area (Å²) >= 11 is 0. The summed E-state index contributed by atoms with van der Waals surface area (Å²) in [4.78, 5) is 35.1. The summed E-state index contributed by atoms with van der Waals surface area (Å²) in [5.74, 6) is -0.762. The van der Waals surface area contributed by atoms with Gasteiger partial charge in [-0.05, 0) is 45.9 Å². The van der Waals surface area contributed by atoms with Gasteiger partial charge in [-0.25, -0.2) is 14.8 Å². The van der Waals surface area contributed by atoms with Gasteiger partial charge in [0.15, 0.2) is 6.61 Å². The van der Waals surface area contributed by atoms with E-state index in [1.165, 1.54) is 0 Å². The molecule has 2 heterocycles. The molecule has 1 amide bonds. The predicted molar refractivity (Wildman–Crippen MR) is 95.9 cm³/mol. The smallest absolute Gasteiger partial charge is 0.338 e. The molecule has 2 aromatic rings. The first-order chi connectivity index (χ1) is 12.3. The SMILES string of the molecule is Cc1nc2ccc(C(=O)OCC(=O)N3CC(C)OC(C)C3)cc2nc1C. The molecular weight excluding hydrogens is 334 g/mol. The second kappa shape index (κ2) is 7.37. The number of aryl methyl sites for hydroxylation is 2. The summed E-state index contributed by atoms with van der Waals surface area (Å²) in [6.07, 6.45) is -0.0479. The third-order valence-electron chi connectivity index (χ3n) is 4.41.